The first kappa shape index (κ1) is 36.8. The summed E-state index contributed by atoms with van der Waals surface area (Å²) in [5.74, 6) is 2.12. The zero-order valence-electron chi connectivity index (χ0n) is 37.0. The minimum absolute atomic E-state index is 0.197. The smallest absolute Gasteiger partial charge is 0.139 e. The Hall–Kier alpha value is -7.49. The molecule has 314 valence electrons. The number of aromatic nitrogens is 2. The molecule has 6 aromatic carbocycles. The van der Waals surface area contributed by atoms with Crippen LogP contribution in [0.3, 0.4) is 0 Å². The monoisotopic (exact) mass is 845 g/mol. The van der Waals surface area contributed by atoms with E-state index in [1.54, 1.807) is 5.57 Å². The van der Waals surface area contributed by atoms with Crippen LogP contribution in [0.5, 0.6) is 0 Å². The Kier molecular flexibility index (Phi) is 7.54. The predicted molar refractivity (Wildman–Crippen MR) is 276 cm³/mol. The summed E-state index contributed by atoms with van der Waals surface area (Å²) in [4.78, 5) is 4.65. The van der Waals surface area contributed by atoms with Crippen LogP contribution < -0.4 is 0 Å². The molecule has 1 aliphatic heterocycles. The molecule has 0 radical (unpaired) electrons. The van der Waals surface area contributed by atoms with E-state index in [2.05, 4.69) is 203 Å². The fourth-order valence-corrected chi connectivity index (χ4v) is 13.7. The number of aryl methyl sites for hydroxylation is 1. The molecule has 1 spiro atoms. The highest BCUT2D eigenvalue weighted by Crippen LogP contribution is 2.67. The standard InChI is InChI=1S/C63H47N3/c1-38-13-12-20-49-52-35-40(41-27-31-47-46-17-7-11-24-57(46)66(59(47)36-41)60-33-34-64-60)28-32-58(52)65(62(38)49)42-29-25-39(26-30-42)51-37-56-61(48-18-3-2-14-43(48)51)50-19-6-10-23-55(50)63(56)53-21-8-4-15-44(53)45-16-5-9-22-54(45)63/h2-6,8-9,11-12,14-16,18-22,24-38,44,53H,7,10,13,17,23H2,1H3. The molecule has 66 heavy (non-hydrogen) atoms. The number of allylic oxidation sites excluding steroid dienone is 11. The van der Waals surface area contributed by atoms with E-state index in [4.69, 9.17) is 0 Å². The molecule has 3 heterocycles. The van der Waals surface area contributed by atoms with E-state index in [0.29, 0.717) is 17.8 Å². The number of hydrogen-bond acceptors (Lipinski definition) is 1. The SMILES string of the molecule is CC1CC=Cc2c1n(-c1ccc(-c3cc4c(c5ccccc35)C3=C(CCC=C3)C43c4ccccc4C4C=CC=CC43)cc1)c1ccc(-c3ccc4c5c(n(C6=CC=N6)c4c3)C=CCC5)cc21. The Morgan fingerprint density at radius 3 is 2.32 bits per heavy atom. The number of rotatable bonds is 4. The van der Waals surface area contributed by atoms with Gasteiger partial charge in [0.15, 0.2) is 0 Å². The highest BCUT2D eigenvalue weighted by molar-refractivity contribution is 6.09. The average Bonchev–Trinajstić information content (AvgIpc) is 4.06. The molecule has 0 saturated heterocycles. The quantitative estimate of drug-likeness (QED) is 0.168. The van der Waals surface area contributed by atoms with Crippen LogP contribution in [-0.2, 0) is 11.8 Å². The summed E-state index contributed by atoms with van der Waals surface area (Å²) in [6, 6.07) is 44.9. The van der Waals surface area contributed by atoms with Crippen molar-refractivity contribution < 1.29 is 0 Å². The maximum Gasteiger partial charge on any atom is 0.139 e. The van der Waals surface area contributed by atoms with E-state index in [0.717, 1.165) is 37.9 Å². The molecule has 3 nitrogen and oxygen atoms in total. The first-order chi connectivity index (χ1) is 32.7. The maximum absolute atomic E-state index is 4.65. The van der Waals surface area contributed by atoms with Crippen LogP contribution >= 0.6 is 0 Å². The molecular weight excluding hydrogens is 799 g/mol. The van der Waals surface area contributed by atoms with E-state index in [1.165, 1.54) is 111 Å². The van der Waals surface area contributed by atoms with Crippen LogP contribution in [0.25, 0.3) is 84.1 Å². The van der Waals surface area contributed by atoms with Crippen molar-refractivity contribution in [2.24, 2.45) is 10.9 Å². The third-order valence-electron chi connectivity index (χ3n) is 16.4. The summed E-state index contributed by atoms with van der Waals surface area (Å²) < 4.78 is 4.91. The zero-order chi connectivity index (χ0) is 43.3. The van der Waals surface area contributed by atoms with Crippen LogP contribution in [0.15, 0.2) is 181 Å². The summed E-state index contributed by atoms with van der Waals surface area (Å²) in [7, 11) is 0. The molecule has 4 unspecified atom stereocenters. The highest BCUT2D eigenvalue weighted by Gasteiger charge is 2.58. The van der Waals surface area contributed by atoms with Gasteiger partial charge in [0.1, 0.15) is 5.82 Å². The molecule has 6 aliphatic carbocycles. The minimum Gasteiger partial charge on any atom is -0.313 e. The second-order valence-corrected chi connectivity index (χ2v) is 19.6. The Morgan fingerprint density at radius 2 is 1.42 bits per heavy atom. The van der Waals surface area contributed by atoms with E-state index in [9.17, 15) is 0 Å². The number of nitrogens with zero attached hydrogens (tertiary/aromatic N) is 3. The summed E-state index contributed by atoms with van der Waals surface area (Å²) in [5, 5.41) is 5.33. The molecule has 0 saturated carbocycles. The predicted octanol–water partition coefficient (Wildman–Crippen LogP) is 15.7. The van der Waals surface area contributed by atoms with Crippen LogP contribution in [-0.4, -0.2) is 15.3 Å². The molecule has 0 fully saturated rings. The van der Waals surface area contributed by atoms with Crippen molar-refractivity contribution in [1.82, 2.24) is 9.13 Å². The van der Waals surface area contributed by atoms with Gasteiger partial charge in [0.2, 0.25) is 0 Å². The molecule has 7 aliphatic rings. The third-order valence-corrected chi connectivity index (χ3v) is 16.4. The molecule has 15 rings (SSSR count). The number of fused-ring (bicyclic) bond motifs is 17. The van der Waals surface area contributed by atoms with Gasteiger partial charge in [-0.15, -0.1) is 0 Å². The van der Waals surface area contributed by atoms with Gasteiger partial charge in [0.25, 0.3) is 0 Å². The number of benzene rings is 6. The molecule has 0 bridgehead atoms. The molecule has 0 amide bonds. The second kappa shape index (κ2) is 13.5. The minimum atomic E-state index is -0.197. The van der Waals surface area contributed by atoms with Gasteiger partial charge in [-0.05, 0) is 153 Å². The zero-order valence-corrected chi connectivity index (χ0v) is 37.0. The molecule has 8 aromatic rings. The van der Waals surface area contributed by atoms with Gasteiger partial charge in [0, 0.05) is 51.7 Å². The van der Waals surface area contributed by atoms with Gasteiger partial charge >= 0.3 is 0 Å². The van der Waals surface area contributed by atoms with E-state index in [1.807, 2.05) is 6.21 Å². The third kappa shape index (κ3) is 4.75. The Labute approximate surface area is 385 Å². The van der Waals surface area contributed by atoms with Crippen molar-refractivity contribution >= 4 is 62.3 Å². The normalized spacial score (nSPS) is 22.5. The van der Waals surface area contributed by atoms with Gasteiger partial charge in [-0.25, -0.2) is 4.99 Å². The number of aliphatic imine (C=N–C) groups is 1. The lowest BCUT2D eigenvalue weighted by Crippen LogP contribution is -2.34. The lowest BCUT2D eigenvalue weighted by molar-refractivity contribution is 0.445. The fourth-order valence-electron chi connectivity index (χ4n) is 13.7. The van der Waals surface area contributed by atoms with E-state index >= 15 is 0 Å². The molecular formula is C63H47N3. The second-order valence-electron chi connectivity index (χ2n) is 19.6. The molecule has 2 aromatic heterocycles. The Bertz CT molecular complexity index is 3750. The summed E-state index contributed by atoms with van der Waals surface area (Å²) >= 11 is 0. The van der Waals surface area contributed by atoms with E-state index < -0.39 is 0 Å². The van der Waals surface area contributed by atoms with Crippen molar-refractivity contribution in [1.29, 1.82) is 0 Å². The average molecular weight is 846 g/mol. The van der Waals surface area contributed by atoms with Crippen molar-refractivity contribution in [3.05, 3.63) is 220 Å². The summed E-state index contributed by atoms with van der Waals surface area (Å²) in [6.45, 7) is 2.39. The Morgan fingerprint density at radius 1 is 0.636 bits per heavy atom. The molecule has 4 atom stereocenters. The number of hydrogen-bond donors (Lipinski definition) is 0. The van der Waals surface area contributed by atoms with Crippen molar-refractivity contribution in [2.75, 3.05) is 0 Å². The lowest BCUT2D eigenvalue weighted by atomic mass is 9.63. The van der Waals surface area contributed by atoms with Crippen molar-refractivity contribution in [3.63, 3.8) is 0 Å². The van der Waals surface area contributed by atoms with Crippen LogP contribution in [0.2, 0.25) is 0 Å². The van der Waals surface area contributed by atoms with Crippen molar-refractivity contribution in [2.45, 2.75) is 56.3 Å². The van der Waals surface area contributed by atoms with Gasteiger partial charge in [-0.1, -0.05) is 140 Å². The van der Waals surface area contributed by atoms with E-state index in [-0.39, 0.29) is 5.41 Å². The summed E-state index contributed by atoms with van der Waals surface area (Å²) in [6.07, 6.45) is 33.1. The van der Waals surface area contributed by atoms with Crippen LogP contribution in [0, 0.1) is 5.92 Å². The first-order valence-corrected chi connectivity index (χ1v) is 24.1. The van der Waals surface area contributed by atoms with Crippen molar-refractivity contribution in [3.8, 4) is 27.9 Å². The van der Waals surface area contributed by atoms with Crippen LogP contribution in [0.4, 0.5) is 0 Å². The van der Waals surface area contributed by atoms with Gasteiger partial charge < -0.3 is 4.57 Å². The maximum atomic E-state index is 4.65. The first-order valence-electron chi connectivity index (χ1n) is 24.1. The molecule has 3 heteroatoms. The summed E-state index contributed by atoms with van der Waals surface area (Å²) in [5.41, 5.74) is 23.0. The Balaban J connectivity index is 0.877. The van der Waals surface area contributed by atoms with Gasteiger partial charge in [0.05, 0.1) is 22.1 Å². The largest absolute Gasteiger partial charge is 0.313 e. The van der Waals surface area contributed by atoms with Crippen LogP contribution in [0.1, 0.15) is 89.2 Å². The topological polar surface area (TPSA) is 22.2 Å². The fraction of sp³-hybridized carbons (Fsp3) is 0.159. The van der Waals surface area contributed by atoms with Gasteiger partial charge in [-0.3, -0.25) is 4.57 Å². The lowest BCUT2D eigenvalue weighted by Gasteiger charge is -2.38. The molecule has 0 N–H and O–H groups in total. The highest BCUT2D eigenvalue weighted by atomic mass is 15.1. The van der Waals surface area contributed by atoms with Gasteiger partial charge in [-0.2, -0.15) is 0 Å².